The second-order valence-electron chi connectivity index (χ2n) is 7.52. The van der Waals surface area contributed by atoms with Crippen LogP contribution < -0.4 is 0 Å². The van der Waals surface area contributed by atoms with Gasteiger partial charge in [0.05, 0.1) is 12.5 Å². The molecule has 4 rings (SSSR count). The Labute approximate surface area is 182 Å². The van der Waals surface area contributed by atoms with Gasteiger partial charge in [0.25, 0.3) is 0 Å². The number of carbonyl (C=O) groups excluding carboxylic acids is 1. The fourth-order valence-electron chi connectivity index (χ4n) is 4.39. The van der Waals surface area contributed by atoms with E-state index in [1.54, 1.807) is 0 Å². The van der Waals surface area contributed by atoms with Crippen molar-refractivity contribution in [1.82, 2.24) is 0 Å². The number of hydrogen-bond acceptors (Lipinski definition) is 2. The van der Waals surface area contributed by atoms with Crippen molar-refractivity contribution in [2.45, 2.75) is 18.8 Å². The van der Waals surface area contributed by atoms with Gasteiger partial charge in [-0.25, -0.2) is 0 Å². The van der Waals surface area contributed by atoms with Gasteiger partial charge in [-0.3, -0.25) is 4.79 Å². The molecule has 0 heterocycles. The summed E-state index contributed by atoms with van der Waals surface area (Å²) in [4.78, 5) is 12.7. The molecule has 0 aliphatic heterocycles. The Morgan fingerprint density at radius 3 is 2.07 bits per heavy atom. The van der Waals surface area contributed by atoms with E-state index in [0.717, 1.165) is 5.56 Å². The first-order chi connectivity index (χ1) is 14.6. The molecule has 0 radical (unpaired) electrons. The van der Waals surface area contributed by atoms with E-state index < -0.39 is 0 Å². The van der Waals surface area contributed by atoms with Gasteiger partial charge in [0, 0.05) is 21.9 Å². The molecular formula is C27H23ClO2. The summed E-state index contributed by atoms with van der Waals surface area (Å²) in [6.07, 6.45) is 0.680. The first-order valence-electron chi connectivity index (χ1n) is 10.2. The topological polar surface area (TPSA) is 26.3 Å². The fourth-order valence-corrected chi connectivity index (χ4v) is 4.52. The van der Waals surface area contributed by atoms with E-state index in [4.69, 9.17) is 16.3 Å². The van der Waals surface area contributed by atoms with Crippen molar-refractivity contribution in [3.63, 3.8) is 0 Å². The Morgan fingerprint density at radius 1 is 0.967 bits per heavy atom. The number of carbonyl (C=O) groups is 1. The Balaban J connectivity index is 1.82. The fraction of sp³-hybridized carbons (Fsp3) is 0.222. The van der Waals surface area contributed by atoms with Crippen molar-refractivity contribution in [3.05, 3.63) is 107 Å². The summed E-state index contributed by atoms with van der Waals surface area (Å²) < 4.78 is 5.38. The molecule has 3 heteroatoms. The number of rotatable bonds is 4. The Morgan fingerprint density at radius 2 is 1.53 bits per heavy atom. The van der Waals surface area contributed by atoms with E-state index in [2.05, 4.69) is 36.1 Å². The van der Waals surface area contributed by atoms with Crippen LogP contribution >= 0.6 is 11.6 Å². The van der Waals surface area contributed by atoms with E-state index in [0.29, 0.717) is 18.1 Å². The molecule has 3 aromatic carbocycles. The van der Waals surface area contributed by atoms with E-state index in [1.807, 2.05) is 67.6 Å². The maximum atomic E-state index is 12.7. The average molecular weight is 415 g/mol. The van der Waals surface area contributed by atoms with Crippen LogP contribution in [0.2, 0.25) is 5.02 Å². The van der Waals surface area contributed by atoms with Crippen molar-refractivity contribution in [2.24, 2.45) is 11.8 Å². The van der Waals surface area contributed by atoms with Gasteiger partial charge in [-0.15, -0.1) is 0 Å². The number of hydrogen-bond donors (Lipinski definition) is 0. The third kappa shape index (κ3) is 3.74. The molecule has 1 saturated carbocycles. The van der Waals surface area contributed by atoms with Crippen LogP contribution in [0.4, 0.5) is 0 Å². The van der Waals surface area contributed by atoms with Crippen molar-refractivity contribution in [1.29, 1.82) is 0 Å². The third-order valence-electron chi connectivity index (χ3n) is 5.86. The normalized spacial score (nSPS) is 19.1. The predicted octanol–water partition coefficient (Wildman–Crippen LogP) is 5.88. The van der Waals surface area contributed by atoms with Crippen LogP contribution in [0, 0.1) is 23.7 Å². The van der Waals surface area contributed by atoms with Crippen LogP contribution in [0.15, 0.2) is 84.9 Å². The summed E-state index contributed by atoms with van der Waals surface area (Å²) >= 11 is 6.01. The molecule has 1 aliphatic rings. The molecule has 0 amide bonds. The summed E-state index contributed by atoms with van der Waals surface area (Å²) in [5, 5.41) is 0.677. The van der Waals surface area contributed by atoms with Gasteiger partial charge in [0.15, 0.2) is 0 Å². The van der Waals surface area contributed by atoms with Gasteiger partial charge in [0.2, 0.25) is 0 Å². The lowest BCUT2D eigenvalue weighted by Crippen LogP contribution is -2.54. The monoisotopic (exact) mass is 414 g/mol. The second-order valence-corrected chi connectivity index (χ2v) is 7.96. The lowest BCUT2D eigenvalue weighted by atomic mass is 9.48. The van der Waals surface area contributed by atoms with Gasteiger partial charge < -0.3 is 4.74 Å². The molecule has 150 valence electrons. The zero-order chi connectivity index (χ0) is 21.0. The molecule has 2 atom stereocenters. The highest BCUT2D eigenvalue weighted by Crippen LogP contribution is 2.57. The highest BCUT2D eigenvalue weighted by Gasteiger charge is 2.58. The number of halogens is 1. The lowest BCUT2D eigenvalue weighted by molar-refractivity contribution is -0.155. The number of benzene rings is 3. The van der Waals surface area contributed by atoms with Crippen molar-refractivity contribution in [3.8, 4) is 11.8 Å². The van der Waals surface area contributed by atoms with E-state index >= 15 is 0 Å². The zero-order valence-corrected chi connectivity index (χ0v) is 17.6. The molecular weight excluding hydrogens is 392 g/mol. The Kier molecular flexibility index (Phi) is 5.93. The molecule has 30 heavy (non-hydrogen) atoms. The minimum atomic E-state index is -0.348. The quantitative estimate of drug-likeness (QED) is 0.393. The first-order valence-corrected chi connectivity index (χ1v) is 10.6. The third-order valence-corrected chi connectivity index (χ3v) is 6.11. The Hall–Kier alpha value is -3.02. The molecule has 2 unspecified atom stereocenters. The summed E-state index contributed by atoms with van der Waals surface area (Å²) in [6, 6.07) is 28.2. The van der Waals surface area contributed by atoms with Crippen LogP contribution in [0.1, 0.15) is 30.0 Å². The first kappa shape index (κ1) is 20.3. The van der Waals surface area contributed by atoms with Crippen LogP contribution in [-0.2, 0) is 14.9 Å². The summed E-state index contributed by atoms with van der Waals surface area (Å²) in [5.74, 6) is 6.10. The highest BCUT2D eigenvalue weighted by atomic mass is 35.5. The summed E-state index contributed by atoms with van der Waals surface area (Å²) in [5.41, 5.74) is 2.88. The second kappa shape index (κ2) is 8.78. The van der Waals surface area contributed by atoms with Crippen LogP contribution in [0.5, 0.6) is 0 Å². The van der Waals surface area contributed by atoms with E-state index in [9.17, 15) is 4.79 Å². The molecule has 0 bridgehead atoms. The molecule has 1 aliphatic carbocycles. The minimum Gasteiger partial charge on any atom is -0.466 e. The smallest absolute Gasteiger partial charge is 0.310 e. The number of ether oxygens (including phenoxy) is 1. The van der Waals surface area contributed by atoms with Crippen LogP contribution in [-0.4, -0.2) is 12.6 Å². The Bertz CT molecular complexity index is 1020. The standard InChI is InChI=1S/C27H23ClO2/c1-2-30-26(29)24-19-27(21-9-5-3-6-10-21,22-11-7-4-8-12-22)25(24)18-15-20-13-16-23(28)17-14-20/h3-14,16-17,24-25H,2,19H2,1H3. The molecule has 0 spiro atoms. The predicted molar refractivity (Wildman–Crippen MR) is 120 cm³/mol. The van der Waals surface area contributed by atoms with Crippen LogP contribution in [0.25, 0.3) is 0 Å². The molecule has 0 N–H and O–H groups in total. The van der Waals surface area contributed by atoms with Crippen LogP contribution in [0.3, 0.4) is 0 Å². The molecule has 3 aromatic rings. The molecule has 0 aromatic heterocycles. The SMILES string of the molecule is CCOC(=O)C1CC(c2ccccc2)(c2ccccc2)C1C#Cc1ccc(Cl)cc1. The summed E-state index contributed by atoms with van der Waals surface area (Å²) in [7, 11) is 0. The summed E-state index contributed by atoms with van der Waals surface area (Å²) in [6.45, 7) is 2.21. The van der Waals surface area contributed by atoms with Gasteiger partial charge in [0.1, 0.15) is 0 Å². The maximum Gasteiger partial charge on any atom is 0.310 e. The van der Waals surface area contributed by atoms with E-state index in [1.165, 1.54) is 11.1 Å². The van der Waals surface area contributed by atoms with Crippen molar-refractivity contribution >= 4 is 17.6 Å². The van der Waals surface area contributed by atoms with Gasteiger partial charge >= 0.3 is 5.97 Å². The van der Waals surface area contributed by atoms with Crippen molar-refractivity contribution in [2.75, 3.05) is 6.61 Å². The average Bonchev–Trinajstić information content (AvgIpc) is 2.76. The zero-order valence-electron chi connectivity index (χ0n) is 16.8. The maximum absolute atomic E-state index is 12.7. The van der Waals surface area contributed by atoms with Crippen molar-refractivity contribution < 1.29 is 9.53 Å². The molecule has 0 saturated heterocycles. The largest absolute Gasteiger partial charge is 0.466 e. The number of esters is 1. The van der Waals surface area contributed by atoms with Gasteiger partial charge in [-0.2, -0.15) is 0 Å². The molecule has 2 nitrogen and oxygen atoms in total. The lowest BCUT2D eigenvalue weighted by Gasteiger charge is -2.52. The highest BCUT2D eigenvalue weighted by molar-refractivity contribution is 6.30. The van der Waals surface area contributed by atoms with Gasteiger partial charge in [-0.1, -0.05) is 84.1 Å². The van der Waals surface area contributed by atoms with Gasteiger partial charge in [-0.05, 0) is 48.7 Å². The minimum absolute atomic E-state index is 0.171. The molecule has 1 fully saturated rings. The van der Waals surface area contributed by atoms with E-state index in [-0.39, 0.29) is 23.2 Å².